The molecular formula is C27H22ClN3O2S. The van der Waals surface area contributed by atoms with Crippen molar-refractivity contribution in [1.82, 2.24) is 9.88 Å². The van der Waals surface area contributed by atoms with E-state index >= 15 is 0 Å². The summed E-state index contributed by atoms with van der Waals surface area (Å²) in [5.74, 6) is 0.501. The van der Waals surface area contributed by atoms with Gasteiger partial charge in [0, 0.05) is 34.2 Å². The highest BCUT2D eigenvalue weighted by atomic mass is 35.5. The number of amides is 1. The van der Waals surface area contributed by atoms with Gasteiger partial charge in [0.05, 0.1) is 12.0 Å². The SMILES string of the molecule is COc1ccc(C)cc1N=C1NC(=O)/C(=C/c2cn(Cc3ccc(Cl)cc3)c3ccccc23)S1. The Labute approximate surface area is 207 Å². The Morgan fingerprint density at radius 2 is 1.91 bits per heavy atom. The number of amidine groups is 1. The number of ether oxygens (including phenoxy) is 1. The van der Waals surface area contributed by atoms with Crippen LogP contribution in [0.5, 0.6) is 5.75 Å². The average Bonchev–Trinajstić information content (AvgIpc) is 3.35. The maximum atomic E-state index is 12.7. The molecule has 1 aliphatic heterocycles. The maximum absolute atomic E-state index is 12.7. The fraction of sp³-hybridized carbons (Fsp3) is 0.111. The molecule has 4 aromatic rings. The van der Waals surface area contributed by atoms with Crippen LogP contribution in [0.25, 0.3) is 17.0 Å². The Hall–Kier alpha value is -3.48. The van der Waals surface area contributed by atoms with Crippen LogP contribution in [-0.4, -0.2) is 22.8 Å². The molecule has 0 bridgehead atoms. The maximum Gasteiger partial charge on any atom is 0.264 e. The number of aryl methyl sites for hydroxylation is 1. The quantitative estimate of drug-likeness (QED) is 0.325. The van der Waals surface area contributed by atoms with Crippen molar-refractivity contribution >= 4 is 57.1 Å². The number of aromatic nitrogens is 1. The number of thioether (sulfide) groups is 1. The summed E-state index contributed by atoms with van der Waals surface area (Å²) in [4.78, 5) is 18.0. The number of rotatable bonds is 5. The van der Waals surface area contributed by atoms with E-state index in [1.54, 1.807) is 7.11 Å². The van der Waals surface area contributed by atoms with Gasteiger partial charge in [0.2, 0.25) is 0 Å². The predicted octanol–water partition coefficient (Wildman–Crippen LogP) is 6.55. The van der Waals surface area contributed by atoms with Crippen molar-refractivity contribution in [2.75, 3.05) is 7.11 Å². The van der Waals surface area contributed by atoms with Crippen molar-refractivity contribution in [1.29, 1.82) is 0 Å². The standard InChI is InChI=1S/C27H22ClN3O2S/c1-17-7-12-24(33-2)22(13-17)29-27-30-26(32)25(34-27)14-19-16-31(23-6-4-3-5-21(19)23)15-18-8-10-20(28)11-9-18/h3-14,16H,15H2,1-2H3,(H,29,30,32)/b25-14-. The molecule has 0 spiro atoms. The second-order valence-electron chi connectivity index (χ2n) is 8.01. The number of para-hydroxylation sites is 1. The van der Waals surface area contributed by atoms with Gasteiger partial charge < -0.3 is 14.6 Å². The summed E-state index contributed by atoms with van der Waals surface area (Å²) < 4.78 is 7.60. The number of hydrogen-bond acceptors (Lipinski definition) is 4. The zero-order valence-electron chi connectivity index (χ0n) is 18.7. The van der Waals surface area contributed by atoms with Gasteiger partial charge in [-0.05, 0) is 66.2 Å². The number of nitrogens with zero attached hydrogens (tertiary/aromatic N) is 2. The Morgan fingerprint density at radius 3 is 2.71 bits per heavy atom. The van der Waals surface area contributed by atoms with Crippen LogP contribution in [0.3, 0.4) is 0 Å². The fourth-order valence-corrected chi connectivity index (χ4v) is 4.88. The number of methoxy groups -OCH3 is 1. The smallest absolute Gasteiger partial charge is 0.264 e. The van der Waals surface area contributed by atoms with E-state index < -0.39 is 0 Å². The Bertz CT molecular complexity index is 1450. The first kappa shape index (κ1) is 22.3. The van der Waals surface area contributed by atoms with Crippen molar-refractivity contribution < 1.29 is 9.53 Å². The molecule has 2 heterocycles. The lowest BCUT2D eigenvalue weighted by molar-refractivity contribution is -0.115. The summed E-state index contributed by atoms with van der Waals surface area (Å²) in [7, 11) is 1.61. The van der Waals surface area contributed by atoms with Gasteiger partial charge in [-0.1, -0.05) is 48.0 Å². The average molecular weight is 488 g/mol. The second-order valence-corrected chi connectivity index (χ2v) is 9.48. The molecule has 0 radical (unpaired) electrons. The lowest BCUT2D eigenvalue weighted by Gasteiger charge is -2.05. The third-order valence-electron chi connectivity index (χ3n) is 5.58. The third-order valence-corrected chi connectivity index (χ3v) is 6.74. The van der Waals surface area contributed by atoms with Crippen molar-refractivity contribution in [3.05, 3.63) is 99.5 Å². The normalized spacial score (nSPS) is 15.9. The highest BCUT2D eigenvalue weighted by molar-refractivity contribution is 8.18. The van der Waals surface area contributed by atoms with E-state index in [1.165, 1.54) is 11.8 Å². The van der Waals surface area contributed by atoms with Gasteiger partial charge in [-0.15, -0.1) is 0 Å². The monoisotopic (exact) mass is 487 g/mol. The van der Waals surface area contributed by atoms with Crippen molar-refractivity contribution in [2.24, 2.45) is 4.99 Å². The highest BCUT2D eigenvalue weighted by Crippen LogP contribution is 2.34. The van der Waals surface area contributed by atoms with Crippen LogP contribution >= 0.6 is 23.4 Å². The van der Waals surface area contributed by atoms with Crippen molar-refractivity contribution in [3.63, 3.8) is 0 Å². The van der Waals surface area contributed by atoms with Crippen LogP contribution in [0.4, 0.5) is 5.69 Å². The number of benzene rings is 3. The molecule has 0 atom stereocenters. The Balaban J connectivity index is 1.47. The van der Waals surface area contributed by atoms with Gasteiger partial charge in [0.1, 0.15) is 11.4 Å². The lowest BCUT2D eigenvalue weighted by atomic mass is 10.1. The van der Waals surface area contributed by atoms with E-state index in [9.17, 15) is 4.79 Å². The first-order valence-corrected chi connectivity index (χ1v) is 12.0. The van der Waals surface area contributed by atoms with Gasteiger partial charge in [-0.25, -0.2) is 4.99 Å². The van der Waals surface area contributed by atoms with E-state index in [1.807, 2.05) is 67.6 Å². The molecule has 1 aromatic heterocycles. The number of halogens is 1. The van der Waals surface area contributed by atoms with E-state index in [0.29, 0.717) is 28.1 Å². The van der Waals surface area contributed by atoms with Gasteiger partial charge in [0.25, 0.3) is 5.91 Å². The van der Waals surface area contributed by atoms with E-state index in [-0.39, 0.29) is 5.91 Å². The lowest BCUT2D eigenvalue weighted by Crippen LogP contribution is -2.19. The van der Waals surface area contributed by atoms with Crippen molar-refractivity contribution in [3.8, 4) is 5.75 Å². The fourth-order valence-electron chi connectivity index (χ4n) is 3.93. The predicted molar refractivity (Wildman–Crippen MR) is 141 cm³/mol. The molecule has 5 rings (SSSR count). The van der Waals surface area contributed by atoms with Crippen LogP contribution in [0.15, 0.2) is 82.8 Å². The minimum absolute atomic E-state index is 0.162. The molecular weight excluding hydrogens is 466 g/mol. The summed E-state index contributed by atoms with van der Waals surface area (Å²) in [5.41, 5.74) is 4.99. The third kappa shape index (κ3) is 4.60. The Kier molecular flexibility index (Phi) is 6.18. The summed E-state index contributed by atoms with van der Waals surface area (Å²) in [5, 5.41) is 5.21. The van der Waals surface area contributed by atoms with Gasteiger partial charge >= 0.3 is 0 Å². The molecule has 0 aliphatic carbocycles. The molecule has 0 saturated carbocycles. The molecule has 1 fully saturated rings. The first-order valence-electron chi connectivity index (χ1n) is 10.8. The van der Waals surface area contributed by atoms with Crippen LogP contribution in [0, 0.1) is 6.92 Å². The van der Waals surface area contributed by atoms with E-state index in [0.717, 1.165) is 32.6 Å². The number of hydrogen-bond donors (Lipinski definition) is 1. The topological polar surface area (TPSA) is 55.6 Å². The van der Waals surface area contributed by atoms with Crippen molar-refractivity contribution in [2.45, 2.75) is 13.5 Å². The molecule has 1 N–H and O–H groups in total. The molecule has 1 aliphatic rings. The van der Waals surface area contributed by atoms with E-state index in [4.69, 9.17) is 16.3 Å². The number of aliphatic imine (C=N–C) groups is 1. The second kappa shape index (κ2) is 9.41. The van der Waals surface area contributed by atoms with Gasteiger partial charge in [0.15, 0.2) is 5.17 Å². The molecule has 0 unspecified atom stereocenters. The van der Waals surface area contributed by atoms with Crippen LogP contribution in [0.2, 0.25) is 5.02 Å². The highest BCUT2D eigenvalue weighted by Gasteiger charge is 2.25. The number of carbonyl (C=O) groups is 1. The van der Waals surface area contributed by atoms with E-state index in [2.05, 4.69) is 33.2 Å². The largest absolute Gasteiger partial charge is 0.494 e. The molecule has 1 amide bonds. The van der Waals surface area contributed by atoms with Crippen LogP contribution in [0.1, 0.15) is 16.7 Å². The molecule has 7 heteroatoms. The van der Waals surface area contributed by atoms with Gasteiger partial charge in [-0.3, -0.25) is 4.79 Å². The van der Waals surface area contributed by atoms with Crippen LogP contribution < -0.4 is 10.1 Å². The Morgan fingerprint density at radius 1 is 1.12 bits per heavy atom. The summed E-state index contributed by atoms with van der Waals surface area (Å²) >= 11 is 7.37. The zero-order chi connectivity index (χ0) is 23.7. The minimum Gasteiger partial charge on any atom is -0.494 e. The van der Waals surface area contributed by atoms with Crippen LogP contribution in [-0.2, 0) is 11.3 Å². The summed E-state index contributed by atoms with van der Waals surface area (Å²) in [6.07, 6.45) is 4.01. The molecule has 34 heavy (non-hydrogen) atoms. The van der Waals surface area contributed by atoms with Gasteiger partial charge in [-0.2, -0.15) is 0 Å². The number of fused-ring (bicyclic) bond motifs is 1. The zero-order valence-corrected chi connectivity index (χ0v) is 20.3. The minimum atomic E-state index is -0.162. The first-order chi connectivity index (χ1) is 16.5. The summed E-state index contributed by atoms with van der Waals surface area (Å²) in [6.45, 7) is 2.70. The number of carbonyl (C=O) groups excluding carboxylic acids is 1. The number of nitrogens with one attached hydrogen (secondary N) is 1. The molecule has 170 valence electrons. The molecule has 5 nitrogen and oxygen atoms in total. The molecule has 1 saturated heterocycles. The molecule has 3 aromatic carbocycles. The summed E-state index contributed by atoms with van der Waals surface area (Å²) in [6, 6.07) is 21.8.